The van der Waals surface area contributed by atoms with Gasteiger partial charge in [0, 0.05) is 16.8 Å². The van der Waals surface area contributed by atoms with Gasteiger partial charge in [-0.1, -0.05) is 30.7 Å². The van der Waals surface area contributed by atoms with Crippen LogP contribution in [0.3, 0.4) is 0 Å². The molecule has 0 saturated heterocycles. The number of nitrogens with one attached hydrogen (secondary N) is 2. The highest BCUT2D eigenvalue weighted by Gasteiger charge is 2.17. The number of hydrogen-bond acceptors (Lipinski definition) is 5. The van der Waals surface area contributed by atoms with Crippen LogP contribution in [0.25, 0.3) is 0 Å². The minimum absolute atomic E-state index is 0.829. The van der Waals surface area contributed by atoms with Gasteiger partial charge in [0.05, 0.1) is 17.1 Å². The SMILES string of the molecule is CCc1ccc2c(c1)Nc1cc(/C(C)=N/NSc3ccc(C)cc3)ccc1O2. The molecule has 3 aromatic rings. The Balaban J connectivity index is 1.48. The number of aryl methyl sites for hydroxylation is 2. The Morgan fingerprint density at radius 2 is 1.71 bits per heavy atom. The Bertz CT molecular complexity index is 1030. The van der Waals surface area contributed by atoms with E-state index in [2.05, 4.69) is 71.6 Å². The zero-order chi connectivity index (χ0) is 19.5. The van der Waals surface area contributed by atoms with Gasteiger partial charge in [0.1, 0.15) is 0 Å². The molecule has 142 valence electrons. The van der Waals surface area contributed by atoms with Gasteiger partial charge in [-0.2, -0.15) is 5.10 Å². The van der Waals surface area contributed by atoms with Crippen LogP contribution < -0.4 is 14.9 Å². The highest BCUT2D eigenvalue weighted by atomic mass is 32.2. The zero-order valence-electron chi connectivity index (χ0n) is 16.2. The fraction of sp³-hybridized carbons (Fsp3) is 0.174. The summed E-state index contributed by atoms with van der Waals surface area (Å²) in [6, 6.07) is 20.7. The van der Waals surface area contributed by atoms with E-state index in [1.165, 1.54) is 23.1 Å². The Morgan fingerprint density at radius 3 is 2.46 bits per heavy atom. The van der Waals surface area contributed by atoms with Crippen molar-refractivity contribution in [3.05, 3.63) is 77.4 Å². The monoisotopic (exact) mass is 389 g/mol. The van der Waals surface area contributed by atoms with Gasteiger partial charge in [0.15, 0.2) is 11.5 Å². The lowest BCUT2D eigenvalue weighted by molar-refractivity contribution is 0.481. The van der Waals surface area contributed by atoms with Gasteiger partial charge in [-0.05, 0) is 73.9 Å². The molecular weight excluding hydrogens is 366 g/mol. The Kier molecular flexibility index (Phi) is 5.26. The van der Waals surface area contributed by atoms with Crippen molar-refractivity contribution in [1.82, 2.24) is 4.83 Å². The average molecular weight is 390 g/mol. The van der Waals surface area contributed by atoms with Crippen LogP contribution in [0.5, 0.6) is 11.5 Å². The van der Waals surface area contributed by atoms with Crippen molar-refractivity contribution in [2.24, 2.45) is 5.10 Å². The third-order valence-electron chi connectivity index (χ3n) is 4.74. The van der Waals surface area contributed by atoms with Gasteiger partial charge in [-0.15, -0.1) is 0 Å². The van der Waals surface area contributed by atoms with Crippen LogP contribution in [0.1, 0.15) is 30.5 Å². The number of rotatable bonds is 5. The normalized spacial score (nSPS) is 12.5. The van der Waals surface area contributed by atoms with Crippen molar-refractivity contribution in [2.75, 3.05) is 5.32 Å². The smallest absolute Gasteiger partial charge is 0.151 e. The lowest BCUT2D eigenvalue weighted by Gasteiger charge is -2.23. The van der Waals surface area contributed by atoms with E-state index in [4.69, 9.17) is 4.74 Å². The van der Waals surface area contributed by atoms with Crippen molar-refractivity contribution < 1.29 is 4.74 Å². The first-order chi connectivity index (χ1) is 13.6. The van der Waals surface area contributed by atoms with Crippen LogP contribution in [-0.4, -0.2) is 5.71 Å². The number of hydrogen-bond donors (Lipinski definition) is 2. The molecule has 0 amide bonds. The second-order valence-corrected chi connectivity index (χ2v) is 7.68. The maximum absolute atomic E-state index is 6.04. The van der Waals surface area contributed by atoms with Crippen LogP contribution in [0.2, 0.25) is 0 Å². The molecule has 0 atom stereocenters. The quantitative estimate of drug-likeness (QED) is 0.235. The lowest BCUT2D eigenvalue weighted by atomic mass is 10.1. The van der Waals surface area contributed by atoms with Gasteiger partial charge in [-0.25, -0.2) is 4.83 Å². The fourth-order valence-corrected chi connectivity index (χ4v) is 3.56. The molecule has 2 N–H and O–H groups in total. The third kappa shape index (κ3) is 3.99. The van der Waals surface area contributed by atoms with Gasteiger partial charge >= 0.3 is 0 Å². The average Bonchev–Trinajstić information content (AvgIpc) is 2.72. The second kappa shape index (κ2) is 7.98. The van der Waals surface area contributed by atoms with E-state index >= 15 is 0 Å². The molecule has 0 bridgehead atoms. The molecule has 0 aromatic heterocycles. The van der Waals surface area contributed by atoms with Crippen molar-refractivity contribution >= 4 is 29.0 Å². The van der Waals surface area contributed by atoms with Gasteiger partial charge < -0.3 is 10.1 Å². The molecule has 0 unspecified atom stereocenters. The summed E-state index contributed by atoms with van der Waals surface area (Å²) in [6.07, 6.45) is 0.998. The number of anilines is 2. The maximum Gasteiger partial charge on any atom is 0.151 e. The first kappa shape index (κ1) is 18.4. The molecule has 5 heteroatoms. The van der Waals surface area contributed by atoms with Gasteiger partial charge in [0.2, 0.25) is 0 Å². The molecule has 0 saturated carbocycles. The molecule has 0 spiro atoms. The van der Waals surface area contributed by atoms with Gasteiger partial charge in [0.25, 0.3) is 0 Å². The summed E-state index contributed by atoms with van der Waals surface area (Å²) in [7, 11) is 0. The summed E-state index contributed by atoms with van der Waals surface area (Å²) in [5.41, 5.74) is 6.45. The van der Waals surface area contributed by atoms with Crippen LogP contribution >= 0.6 is 11.9 Å². The van der Waals surface area contributed by atoms with Crippen LogP contribution in [-0.2, 0) is 6.42 Å². The first-order valence-electron chi connectivity index (χ1n) is 9.37. The number of nitrogens with zero attached hydrogens (tertiary/aromatic N) is 1. The van der Waals surface area contributed by atoms with E-state index in [0.29, 0.717) is 0 Å². The summed E-state index contributed by atoms with van der Waals surface area (Å²) in [5.74, 6) is 1.69. The van der Waals surface area contributed by atoms with E-state index in [9.17, 15) is 0 Å². The molecule has 4 nitrogen and oxygen atoms in total. The Hall–Kier alpha value is -2.92. The van der Waals surface area contributed by atoms with Crippen molar-refractivity contribution in [3.8, 4) is 11.5 Å². The highest BCUT2D eigenvalue weighted by Crippen LogP contribution is 2.42. The number of ether oxygens (including phenoxy) is 1. The number of hydrazone groups is 1. The molecule has 3 aromatic carbocycles. The Labute approximate surface area is 170 Å². The van der Waals surface area contributed by atoms with Crippen molar-refractivity contribution in [3.63, 3.8) is 0 Å². The fourth-order valence-electron chi connectivity index (χ4n) is 3.00. The maximum atomic E-state index is 6.04. The molecule has 28 heavy (non-hydrogen) atoms. The van der Waals surface area contributed by atoms with E-state index in [-0.39, 0.29) is 0 Å². The number of fused-ring (bicyclic) bond motifs is 2. The molecule has 1 aliphatic heterocycles. The zero-order valence-corrected chi connectivity index (χ0v) is 17.1. The minimum atomic E-state index is 0.829. The van der Waals surface area contributed by atoms with E-state index in [1.807, 2.05) is 25.1 Å². The second-order valence-electron chi connectivity index (χ2n) is 6.83. The van der Waals surface area contributed by atoms with E-state index in [0.717, 1.165) is 45.5 Å². The van der Waals surface area contributed by atoms with Gasteiger partial charge in [-0.3, -0.25) is 0 Å². The van der Waals surface area contributed by atoms with E-state index in [1.54, 1.807) is 0 Å². The standard InChI is InChI=1S/C23H23N3OS/c1-4-17-7-11-22-20(13-17)24-21-14-18(8-12-23(21)27-22)16(3)25-26-28-19-9-5-15(2)6-10-19/h5-14,24,26H,4H2,1-3H3/b25-16+. The molecule has 0 fully saturated rings. The molecular formula is C23H23N3OS. The molecule has 1 heterocycles. The number of benzene rings is 3. The predicted molar refractivity (Wildman–Crippen MR) is 118 cm³/mol. The minimum Gasteiger partial charge on any atom is -0.453 e. The van der Waals surface area contributed by atoms with Crippen molar-refractivity contribution in [2.45, 2.75) is 32.1 Å². The summed E-state index contributed by atoms with van der Waals surface area (Å²) < 4.78 is 6.04. The predicted octanol–water partition coefficient (Wildman–Crippen LogP) is 6.43. The molecule has 0 aliphatic carbocycles. The lowest BCUT2D eigenvalue weighted by Crippen LogP contribution is -2.06. The summed E-state index contributed by atoms with van der Waals surface area (Å²) >= 11 is 1.50. The Morgan fingerprint density at radius 1 is 1.00 bits per heavy atom. The topological polar surface area (TPSA) is 45.7 Å². The van der Waals surface area contributed by atoms with Crippen molar-refractivity contribution in [1.29, 1.82) is 0 Å². The van der Waals surface area contributed by atoms with Crippen LogP contribution in [0.15, 0.2) is 70.7 Å². The summed E-state index contributed by atoms with van der Waals surface area (Å²) in [5, 5.41) is 7.99. The third-order valence-corrected chi connectivity index (χ3v) is 5.43. The molecule has 4 rings (SSSR count). The molecule has 1 aliphatic rings. The van der Waals surface area contributed by atoms with E-state index < -0.39 is 0 Å². The first-order valence-corrected chi connectivity index (χ1v) is 10.2. The molecule has 0 radical (unpaired) electrons. The highest BCUT2D eigenvalue weighted by molar-refractivity contribution is 7.97. The summed E-state index contributed by atoms with van der Waals surface area (Å²) in [6.45, 7) is 6.23. The van der Waals surface area contributed by atoms with Crippen LogP contribution in [0.4, 0.5) is 11.4 Å². The summed E-state index contributed by atoms with van der Waals surface area (Å²) in [4.78, 5) is 4.21. The van der Waals surface area contributed by atoms with Crippen LogP contribution in [0, 0.1) is 6.92 Å². The largest absolute Gasteiger partial charge is 0.453 e.